The van der Waals surface area contributed by atoms with Crippen LogP contribution in [0.3, 0.4) is 0 Å². The normalized spacial score (nSPS) is 14.6. The summed E-state index contributed by atoms with van der Waals surface area (Å²) >= 11 is 0. The van der Waals surface area contributed by atoms with Crippen LogP contribution in [0.2, 0.25) is 0 Å². The van der Waals surface area contributed by atoms with Crippen molar-refractivity contribution in [2.45, 2.75) is 52.4 Å². The lowest BCUT2D eigenvalue weighted by Crippen LogP contribution is -2.30. The number of benzene rings is 2. The summed E-state index contributed by atoms with van der Waals surface area (Å²) in [5.41, 5.74) is 8.72. The molecule has 2 aromatic heterocycles. The highest BCUT2D eigenvalue weighted by atomic mass is 16.5. The van der Waals surface area contributed by atoms with Gasteiger partial charge in [0.25, 0.3) is 5.91 Å². The number of carbonyl (C=O) groups excluding carboxylic acids is 2. The van der Waals surface area contributed by atoms with Gasteiger partial charge in [0.2, 0.25) is 5.91 Å². The van der Waals surface area contributed by atoms with Crippen LogP contribution in [0.4, 0.5) is 11.4 Å². The maximum absolute atomic E-state index is 13.4. The number of hydrogen-bond donors (Lipinski definition) is 1. The monoisotopic (exact) mass is 560 g/mol. The molecule has 0 fully saturated rings. The average Bonchev–Trinajstić information content (AvgIpc) is 3.59. The maximum atomic E-state index is 13.4. The molecule has 1 aliphatic heterocycles. The number of nitrogens with zero attached hydrogens (tertiary/aromatic N) is 3. The van der Waals surface area contributed by atoms with Crippen molar-refractivity contribution in [2.75, 3.05) is 23.9 Å². The summed E-state index contributed by atoms with van der Waals surface area (Å²) in [4.78, 5) is 33.5. The molecule has 0 unspecified atom stereocenters. The largest absolute Gasteiger partial charge is 0.497 e. The number of carbonyl (C=O) groups is 2. The van der Waals surface area contributed by atoms with Gasteiger partial charge < -0.3 is 19.5 Å². The highest BCUT2D eigenvalue weighted by Crippen LogP contribution is 2.35. The van der Waals surface area contributed by atoms with Crippen LogP contribution in [-0.4, -0.2) is 35.0 Å². The van der Waals surface area contributed by atoms with E-state index in [9.17, 15) is 9.59 Å². The van der Waals surface area contributed by atoms with Crippen molar-refractivity contribution in [3.05, 3.63) is 107 Å². The van der Waals surface area contributed by atoms with E-state index in [4.69, 9.17) is 9.72 Å². The van der Waals surface area contributed by atoms with Crippen molar-refractivity contribution in [2.24, 2.45) is 0 Å². The van der Waals surface area contributed by atoms with E-state index in [0.717, 1.165) is 94.4 Å². The smallest absolute Gasteiger partial charge is 0.251 e. The maximum Gasteiger partial charge on any atom is 0.251 e. The first-order valence-corrected chi connectivity index (χ1v) is 14.6. The van der Waals surface area contributed by atoms with Gasteiger partial charge in [0.1, 0.15) is 11.6 Å². The first kappa shape index (κ1) is 27.5. The number of fused-ring (bicyclic) bond motifs is 1. The number of aromatic nitrogens is 2. The lowest BCUT2D eigenvalue weighted by molar-refractivity contribution is -0.118. The number of ether oxygens (including phenoxy) is 1. The van der Waals surface area contributed by atoms with Crippen molar-refractivity contribution in [3.63, 3.8) is 0 Å². The van der Waals surface area contributed by atoms with E-state index in [1.807, 2.05) is 65.6 Å². The summed E-state index contributed by atoms with van der Waals surface area (Å²) in [7, 11) is 1.65. The Morgan fingerprint density at radius 1 is 0.905 bits per heavy atom. The standard InChI is InChI=1S/C35H36N4O3/c1-23-11-12-24(2)39(23)33-10-6-7-27(36-33)22-34(40)38-20-19-26-21-28(15-18-32(26)38)37-35(41)31-9-5-4-8-30(31)25-13-16-29(42-3)17-14-25/h6-7,10-18,21H,4-5,8-9,19-20,22H2,1-3H3,(H,37,41). The van der Waals surface area contributed by atoms with E-state index in [0.29, 0.717) is 6.54 Å². The molecule has 214 valence electrons. The molecule has 0 atom stereocenters. The van der Waals surface area contributed by atoms with Crippen LogP contribution in [-0.2, 0) is 22.4 Å². The topological polar surface area (TPSA) is 76.5 Å². The molecule has 2 amide bonds. The lowest BCUT2D eigenvalue weighted by atomic mass is 9.87. The molecule has 7 heteroatoms. The summed E-state index contributed by atoms with van der Waals surface area (Å²) < 4.78 is 7.40. The second-order valence-corrected chi connectivity index (χ2v) is 11.1. The Kier molecular flexibility index (Phi) is 7.66. The lowest BCUT2D eigenvalue weighted by Gasteiger charge is -2.21. The van der Waals surface area contributed by atoms with Crippen LogP contribution in [0.1, 0.15) is 53.9 Å². The third-order valence-corrected chi connectivity index (χ3v) is 8.34. The van der Waals surface area contributed by atoms with Crippen LogP contribution in [0.25, 0.3) is 11.4 Å². The highest BCUT2D eigenvalue weighted by Gasteiger charge is 2.26. The number of rotatable bonds is 7. The van der Waals surface area contributed by atoms with Gasteiger partial charge >= 0.3 is 0 Å². The van der Waals surface area contributed by atoms with Gasteiger partial charge in [0.05, 0.1) is 19.2 Å². The molecule has 3 heterocycles. The van der Waals surface area contributed by atoms with E-state index in [2.05, 4.69) is 35.9 Å². The molecule has 4 aromatic rings. The second kappa shape index (κ2) is 11.7. The molecule has 0 radical (unpaired) electrons. The van der Waals surface area contributed by atoms with Crippen molar-refractivity contribution in [1.29, 1.82) is 0 Å². The number of hydrogen-bond acceptors (Lipinski definition) is 4. The summed E-state index contributed by atoms with van der Waals surface area (Å²) in [5.74, 6) is 1.60. The van der Waals surface area contributed by atoms with Crippen molar-refractivity contribution in [1.82, 2.24) is 9.55 Å². The van der Waals surface area contributed by atoms with Crippen molar-refractivity contribution < 1.29 is 14.3 Å². The SMILES string of the molecule is COc1ccc(C2=C(C(=O)Nc3ccc4c(c3)CCN4C(=O)Cc3cccc(-n4c(C)ccc4C)n3)CCCC2)cc1. The van der Waals surface area contributed by atoms with Gasteiger partial charge in [-0.2, -0.15) is 0 Å². The minimum Gasteiger partial charge on any atom is -0.497 e. The molecule has 0 spiro atoms. The van der Waals surface area contributed by atoms with E-state index in [1.165, 1.54) is 0 Å². The van der Waals surface area contributed by atoms with E-state index in [1.54, 1.807) is 7.11 Å². The zero-order valence-corrected chi connectivity index (χ0v) is 24.4. The van der Waals surface area contributed by atoms with Gasteiger partial charge in [-0.1, -0.05) is 18.2 Å². The van der Waals surface area contributed by atoms with Gasteiger partial charge in [0, 0.05) is 34.9 Å². The van der Waals surface area contributed by atoms with E-state index >= 15 is 0 Å². The Morgan fingerprint density at radius 2 is 1.67 bits per heavy atom. The number of allylic oxidation sites excluding steroid dienone is 1. The van der Waals surface area contributed by atoms with Crippen LogP contribution < -0.4 is 15.0 Å². The third kappa shape index (κ3) is 5.47. The van der Waals surface area contributed by atoms with E-state index < -0.39 is 0 Å². The number of anilines is 2. The summed E-state index contributed by atoms with van der Waals surface area (Å²) in [6.07, 6.45) is 4.71. The molecule has 2 aromatic carbocycles. The molecular weight excluding hydrogens is 524 g/mol. The van der Waals surface area contributed by atoms with Gasteiger partial charge in [-0.05, 0) is 117 Å². The summed E-state index contributed by atoms with van der Waals surface area (Å²) in [6, 6.07) is 23.8. The fraction of sp³-hybridized carbons (Fsp3) is 0.286. The molecule has 42 heavy (non-hydrogen) atoms. The number of aryl methyl sites for hydroxylation is 2. The Bertz CT molecular complexity index is 1660. The second-order valence-electron chi connectivity index (χ2n) is 11.1. The minimum absolute atomic E-state index is 0.0210. The van der Waals surface area contributed by atoms with Crippen molar-refractivity contribution in [3.8, 4) is 11.6 Å². The van der Waals surface area contributed by atoms with Gasteiger partial charge in [-0.15, -0.1) is 0 Å². The molecule has 7 nitrogen and oxygen atoms in total. The molecule has 0 saturated heterocycles. The zero-order chi connectivity index (χ0) is 29.2. The zero-order valence-electron chi connectivity index (χ0n) is 24.4. The number of nitrogens with one attached hydrogen (secondary N) is 1. The van der Waals surface area contributed by atoms with Crippen LogP contribution >= 0.6 is 0 Å². The molecule has 0 saturated carbocycles. The van der Waals surface area contributed by atoms with Crippen LogP contribution in [0.15, 0.2) is 78.4 Å². The minimum atomic E-state index is -0.0504. The summed E-state index contributed by atoms with van der Waals surface area (Å²) in [5, 5.41) is 3.14. The first-order chi connectivity index (χ1) is 20.4. The average molecular weight is 561 g/mol. The number of pyridine rings is 1. The van der Waals surface area contributed by atoms with Gasteiger partial charge in [-0.25, -0.2) is 4.98 Å². The molecule has 1 N–H and O–H groups in total. The molecule has 2 aliphatic rings. The Hall–Kier alpha value is -4.65. The Balaban J connectivity index is 1.16. The Morgan fingerprint density at radius 3 is 2.43 bits per heavy atom. The number of amides is 2. The van der Waals surface area contributed by atoms with E-state index in [-0.39, 0.29) is 18.2 Å². The quantitative estimate of drug-likeness (QED) is 0.277. The molecule has 0 bridgehead atoms. The van der Waals surface area contributed by atoms with Gasteiger partial charge in [-0.3, -0.25) is 9.59 Å². The Labute approximate surface area is 246 Å². The third-order valence-electron chi connectivity index (χ3n) is 8.34. The van der Waals surface area contributed by atoms with Crippen molar-refractivity contribution >= 4 is 28.8 Å². The fourth-order valence-corrected chi connectivity index (χ4v) is 6.18. The molecule has 6 rings (SSSR count). The van der Waals surface area contributed by atoms with Crippen LogP contribution in [0.5, 0.6) is 5.75 Å². The predicted octanol–water partition coefficient (Wildman–Crippen LogP) is 6.60. The fourth-order valence-electron chi connectivity index (χ4n) is 6.18. The highest BCUT2D eigenvalue weighted by molar-refractivity contribution is 6.09. The summed E-state index contributed by atoms with van der Waals surface area (Å²) in [6.45, 7) is 4.72. The molecular formula is C35H36N4O3. The predicted molar refractivity (Wildman–Crippen MR) is 166 cm³/mol. The number of methoxy groups -OCH3 is 1. The van der Waals surface area contributed by atoms with Crippen LogP contribution in [0, 0.1) is 13.8 Å². The first-order valence-electron chi connectivity index (χ1n) is 14.6. The molecule has 1 aliphatic carbocycles. The van der Waals surface area contributed by atoms with Gasteiger partial charge in [0.15, 0.2) is 0 Å².